The van der Waals surface area contributed by atoms with Crippen molar-refractivity contribution in [3.8, 4) is 11.3 Å². The number of carbonyl (C=O) groups excluding carboxylic acids is 1. The lowest BCUT2D eigenvalue weighted by molar-refractivity contribution is 0.102. The minimum atomic E-state index is -0.281. The van der Waals surface area contributed by atoms with E-state index in [1.165, 1.54) is 11.3 Å². The van der Waals surface area contributed by atoms with Gasteiger partial charge in [0.2, 0.25) is 5.13 Å². The minimum Gasteiger partial charge on any atom is -0.296 e. The number of halogens is 1. The zero-order valence-electron chi connectivity index (χ0n) is 14.0. The highest BCUT2D eigenvalue weighted by molar-refractivity contribution is 7.13. The van der Waals surface area contributed by atoms with Crippen molar-refractivity contribution in [2.24, 2.45) is 0 Å². The molecular formula is C19H14ClN5OS. The Morgan fingerprint density at radius 2 is 1.89 bits per heavy atom. The van der Waals surface area contributed by atoms with Crippen molar-refractivity contribution in [2.45, 2.75) is 6.54 Å². The molecule has 2 heterocycles. The van der Waals surface area contributed by atoms with Crippen LogP contribution in [0.4, 0.5) is 5.13 Å². The highest BCUT2D eigenvalue weighted by Crippen LogP contribution is 2.25. The van der Waals surface area contributed by atoms with E-state index >= 15 is 0 Å². The fourth-order valence-electron chi connectivity index (χ4n) is 2.65. The molecule has 6 nitrogen and oxygen atoms in total. The number of hydrogen-bond acceptors (Lipinski definition) is 5. The summed E-state index contributed by atoms with van der Waals surface area (Å²) in [6, 6.07) is 17.2. The van der Waals surface area contributed by atoms with Crippen LogP contribution in [0.2, 0.25) is 5.02 Å². The average molecular weight is 396 g/mol. The van der Waals surface area contributed by atoms with Crippen molar-refractivity contribution >= 4 is 34.0 Å². The molecule has 8 heteroatoms. The molecule has 4 aromatic rings. The fraction of sp³-hybridized carbons (Fsp3) is 0.0526. The SMILES string of the molecule is O=C(Nc1nncs1)c1cn(Cc2ccccc2)nc1-c1ccc(Cl)cc1. The molecule has 0 aliphatic rings. The van der Waals surface area contributed by atoms with E-state index in [0.29, 0.717) is 28.0 Å². The molecule has 0 fully saturated rings. The molecular weight excluding hydrogens is 382 g/mol. The van der Waals surface area contributed by atoms with Gasteiger partial charge in [0.25, 0.3) is 5.91 Å². The van der Waals surface area contributed by atoms with Crippen molar-refractivity contribution in [3.05, 3.63) is 82.5 Å². The second-order valence-corrected chi connectivity index (χ2v) is 7.05. The molecule has 134 valence electrons. The Labute approximate surface area is 164 Å². The number of anilines is 1. The van der Waals surface area contributed by atoms with Crippen LogP contribution in [0.5, 0.6) is 0 Å². The molecule has 0 aliphatic heterocycles. The molecule has 0 spiro atoms. The van der Waals surface area contributed by atoms with E-state index < -0.39 is 0 Å². The molecule has 4 rings (SSSR count). The number of carbonyl (C=O) groups is 1. The van der Waals surface area contributed by atoms with Gasteiger partial charge in [0.05, 0.1) is 12.1 Å². The summed E-state index contributed by atoms with van der Waals surface area (Å²) in [5.41, 5.74) is 4.52. The molecule has 0 aliphatic carbocycles. The van der Waals surface area contributed by atoms with Gasteiger partial charge in [0, 0.05) is 16.8 Å². The molecule has 0 saturated carbocycles. The van der Waals surface area contributed by atoms with Crippen LogP contribution < -0.4 is 5.32 Å². The van der Waals surface area contributed by atoms with Gasteiger partial charge in [-0.15, -0.1) is 10.2 Å². The normalized spacial score (nSPS) is 10.7. The largest absolute Gasteiger partial charge is 0.296 e. The van der Waals surface area contributed by atoms with Gasteiger partial charge in [0.1, 0.15) is 11.2 Å². The summed E-state index contributed by atoms with van der Waals surface area (Å²) in [4.78, 5) is 12.8. The Kier molecular flexibility index (Phi) is 4.95. The lowest BCUT2D eigenvalue weighted by atomic mass is 10.1. The van der Waals surface area contributed by atoms with Gasteiger partial charge in [0.15, 0.2) is 0 Å². The van der Waals surface area contributed by atoms with Gasteiger partial charge in [-0.3, -0.25) is 14.8 Å². The topological polar surface area (TPSA) is 72.7 Å². The zero-order chi connectivity index (χ0) is 18.6. The van der Waals surface area contributed by atoms with E-state index in [9.17, 15) is 4.79 Å². The van der Waals surface area contributed by atoms with Crippen molar-refractivity contribution in [1.29, 1.82) is 0 Å². The molecule has 0 radical (unpaired) electrons. The van der Waals surface area contributed by atoms with Crippen LogP contribution in [-0.2, 0) is 6.54 Å². The number of benzene rings is 2. The number of hydrogen-bond donors (Lipinski definition) is 1. The van der Waals surface area contributed by atoms with Crippen LogP contribution in [0.25, 0.3) is 11.3 Å². The number of aromatic nitrogens is 4. The van der Waals surface area contributed by atoms with E-state index in [1.54, 1.807) is 28.5 Å². The van der Waals surface area contributed by atoms with E-state index in [-0.39, 0.29) is 5.91 Å². The Morgan fingerprint density at radius 1 is 1.11 bits per heavy atom. The van der Waals surface area contributed by atoms with Crippen molar-refractivity contribution in [3.63, 3.8) is 0 Å². The van der Waals surface area contributed by atoms with E-state index in [0.717, 1.165) is 11.1 Å². The Balaban J connectivity index is 1.70. The molecule has 0 unspecified atom stereocenters. The predicted molar refractivity (Wildman–Crippen MR) is 106 cm³/mol. The maximum Gasteiger partial charge on any atom is 0.261 e. The first-order valence-electron chi connectivity index (χ1n) is 8.14. The molecule has 2 aromatic carbocycles. The van der Waals surface area contributed by atoms with Crippen LogP contribution in [-0.4, -0.2) is 25.9 Å². The maximum absolute atomic E-state index is 12.8. The monoisotopic (exact) mass is 395 g/mol. The van der Waals surface area contributed by atoms with Crippen LogP contribution in [0, 0.1) is 0 Å². The van der Waals surface area contributed by atoms with Gasteiger partial charge < -0.3 is 0 Å². The van der Waals surface area contributed by atoms with Gasteiger partial charge in [-0.25, -0.2) is 0 Å². The quantitative estimate of drug-likeness (QED) is 0.545. The number of amides is 1. The summed E-state index contributed by atoms with van der Waals surface area (Å²) in [6.07, 6.45) is 1.74. The summed E-state index contributed by atoms with van der Waals surface area (Å²) in [6.45, 7) is 0.563. The number of nitrogens with one attached hydrogen (secondary N) is 1. The summed E-state index contributed by atoms with van der Waals surface area (Å²) in [7, 11) is 0. The maximum atomic E-state index is 12.8. The van der Waals surface area contributed by atoms with Crippen molar-refractivity contribution < 1.29 is 4.79 Å². The Morgan fingerprint density at radius 3 is 2.59 bits per heavy atom. The van der Waals surface area contributed by atoms with Crippen molar-refractivity contribution in [1.82, 2.24) is 20.0 Å². The van der Waals surface area contributed by atoms with Gasteiger partial charge in [-0.05, 0) is 17.7 Å². The van der Waals surface area contributed by atoms with Gasteiger partial charge in [-0.1, -0.05) is 65.4 Å². The second kappa shape index (κ2) is 7.69. The lowest BCUT2D eigenvalue weighted by Gasteiger charge is -2.02. The Hall–Kier alpha value is -3.03. The number of nitrogens with zero attached hydrogens (tertiary/aromatic N) is 4. The molecule has 0 atom stereocenters. The first-order chi connectivity index (χ1) is 13.2. The smallest absolute Gasteiger partial charge is 0.261 e. The zero-order valence-corrected chi connectivity index (χ0v) is 15.6. The minimum absolute atomic E-state index is 0.281. The molecule has 1 amide bonds. The Bertz CT molecular complexity index is 1050. The third-order valence-corrected chi connectivity index (χ3v) is 4.75. The van der Waals surface area contributed by atoms with Gasteiger partial charge in [-0.2, -0.15) is 5.10 Å². The highest BCUT2D eigenvalue weighted by Gasteiger charge is 2.19. The molecule has 27 heavy (non-hydrogen) atoms. The first kappa shape index (κ1) is 17.4. The third-order valence-electron chi connectivity index (χ3n) is 3.89. The van der Waals surface area contributed by atoms with E-state index in [1.807, 2.05) is 42.5 Å². The molecule has 0 saturated heterocycles. The van der Waals surface area contributed by atoms with Crippen LogP contribution in [0.1, 0.15) is 15.9 Å². The molecule has 2 aromatic heterocycles. The summed E-state index contributed by atoms with van der Waals surface area (Å²) in [5, 5.41) is 16.1. The lowest BCUT2D eigenvalue weighted by Crippen LogP contribution is -2.12. The summed E-state index contributed by atoms with van der Waals surface area (Å²) >= 11 is 7.25. The second-order valence-electron chi connectivity index (χ2n) is 5.78. The molecule has 0 bridgehead atoms. The summed E-state index contributed by atoms with van der Waals surface area (Å²) < 4.78 is 1.76. The van der Waals surface area contributed by atoms with Crippen molar-refractivity contribution in [2.75, 3.05) is 5.32 Å². The third kappa shape index (κ3) is 4.05. The predicted octanol–water partition coefficient (Wildman–Crippen LogP) is 4.36. The fourth-order valence-corrected chi connectivity index (χ4v) is 3.22. The van der Waals surface area contributed by atoms with Crippen LogP contribution in [0.15, 0.2) is 66.3 Å². The van der Waals surface area contributed by atoms with E-state index in [2.05, 4.69) is 20.6 Å². The summed E-state index contributed by atoms with van der Waals surface area (Å²) in [5.74, 6) is -0.281. The molecule has 1 N–H and O–H groups in total. The van der Waals surface area contributed by atoms with Crippen LogP contribution in [0.3, 0.4) is 0 Å². The van der Waals surface area contributed by atoms with Crippen LogP contribution >= 0.6 is 22.9 Å². The van der Waals surface area contributed by atoms with E-state index in [4.69, 9.17) is 11.6 Å². The highest BCUT2D eigenvalue weighted by atomic mass is 35.5. The first-order valence-corrected chi connectivity index (χ1v) is 9.39. The average Bonchev–Trinajstić information content (AvgIpc) is 3.33. The number of rotatable bonds is 5. The standard InChI is InChI=1S/C19H14ClN5OS/c20-15-8-6-14(7-9-15)17-16(18(26)22-19-23-21-12-27-19)11-25(24-17)10-13-4-2-1-3-5-13/h1-9,11-12H,10H2,(H,22,23,26). The van der Waals surface area contributed by atoms with Gasteiger partial charge >= 0.3 is 0 Å².